The molecule has 0 radical (unpaired) electrons. The number of hydrogen-bond donors (Lipinski definition) is 1. The van der Waals surface area contributed by atoms with E-state index in [2.05, 4.69) is 10.2 Å². The van der Waals surface area contributed by atoms with Gasteiger partial charge in [-0.15, -0.1) is 0 Å². The minimum absolute atomic E-state index is 0.0823. The van der Waals surface area contributed by atoms with Crippen LogP contribution in [0.4, 0.5) is 5.69 Å². The molecule has 0 aromatic heterocycles. The molecule has 0 spiro atoms. The number of Topliss-reactive ketones (excluding diaryl/α,β-unsaturated/α-hetero) is 1. The van der Waals surface area contributed by atoms with Gasteiger partial charge in [-0.25, -0.2) is 0 Å². The largest absolute Gasteiger partial charge is 0.489 e. The predicted molar refractivity (Wildman–Crippen MR) is 65.9 cm³/mol. The highest BCUT2D eigenvalue weighted by atomic mass is 16.5. The first-order valence-electron chi connectivity index (χ1n) is 6.01. The van der Waals surface area contributed by atoms with Crippen molar-refractivity contribution < 1.29 is 9.53 Å². The molecular formula is C13H16N2O2. The van der Waals surface area contributed by atoms with E-state index in [1.807, 2.05) is 18.2 Å². The van der Waals surface area contributed by atoms with Crippen molar-refractivity contribution in [3.8, 4) is 5.75 Å². The van der Waals surface area contributed by atoms with Crippen LogP contribution in [0.25, 0.3) is 0 Å². The third kappa shape index (κ3) is 1.78. The number of hydrogen-bond acceptors (Lipinski definition) is 4. The lowest BCUT2D eigenvalue weighted by atomic mass is 10.1. The Morgan fingerprint density at radius 3 is 3.24 bits per heavy atom. The molecule has 1 saturated heterocycles. The Bertz CT molecular complexity index is 459. The van der Waals surface area contributed by atoms with Crippen molar-refractivity contribution >= 4 is 11.5 Å². The summed E-state index contributed by atoms with van der Waals surface area (Å²) in [5.74, 6) is 0.926. The number of benzene rings is 1. The molecule has 90 valence electrons. The summed E-state index contributed by atoms with van der Waals surface area (Å²) in [6.07, 6.45) is 0. The molecule has 1 atom stereocenters. The SMILES string of the molecule is CC(=O)c1ccc2c(c1)OC[C@@H]1CNCCN21. The molecular weight excluding hydrogens is 216 g/mol. The molecule has 2 aliphatic heterocycles. The van der Waals surface area contributed by atoms with Crippen LogP contribution in [0.15, 0.2) is 18.2 Å². The van der Waals surface area contributed by atoms with E-state index in [0.29, 0.717) is 12.6 Å². The fourth-order valence-electron chi connectivity index (χ4n) is 2.50. The molecule has 3 rings (SSSR count). The molecule has 1 aromatic rings. The first kappa shape index (κ1) is 10.6. The van der Waals surface area contributed by atoms with Gasteiger partial charge in [0.15, 0.2) is 5.78 Å². The van der Waals surface area contributed by atoms with E-state index in [4.69, 9.17) is 4.74 Å². The Labute approximate surface area is 101 Å². The summed E-state index contributed by atoms with van der Waals surface area (Å²) in [6, 6.07) is 6.16. The monoisotopic (exact) mass is 232 g/mol. The number of piperazine rings is 1. The first-order valence-corrected chi connectivity index (χ1v) is 6.01. The van der Waals surface area contributed by atoms with Gasteiger partial charge in [0.1, 0.15) is 12.4 Å². The lowest BCUT2D eigenvalue weighted by Crippen LogP contribution is -2.55. The van der Waals surface area contributed by atoms with Gasteiger partial charge in [0.05, 0.1) is 11.7 Å². The summed E-state index contributed by atoms with van der Waals surface area (Å²) in [6.45, 7) is 5.25. The summed E-state index contributed by atoms with van der Waals surface area (Å²) < 4.78 is 5.75. The molecule has 2 aliphatic rings. The molecule has 0 bridgehead atoms. The van der Waals surface area contributed by atoms with E-state index in [0.717, 1.165) is 36.6 Å². The second kappa shape index (κ2) is 4.04. The number of carbonyl (C=O) groups excluding carboxylic acids is 1. The number of fused-ring (bicyclic) bond motifs is 3. The summed E-state index contributed by atoms with van der Waals surface area (Å²) in [7, 11) is 0. The van der Waals surface area contributed by atoms with Crippen LogP contribution in [0.2, 0.25) is 0 Å². The summed E-state index contributed by atoms with van der Waals surface area (Å²) in [5.41, 5.74) is 1.84. The average molecular weight is 232 g/mol. The van der Waals surface area contributed by atoms with Crippen molar-refractivity contribution in [3.63, 3.8) is 0 Å². The normalized spacial score (nSPS) is 22.4. The second-order valence-corrected chi connectivity index (χ2v) is 4.60. The van der Waals surface area contributed by atoms with Crippen molar-refractivity contribution in [1.29, 1.82) is 0 Å². The number of nitrogens with zero attached hydrogens (tertiary/aromatic N) is 1. The predicted octanol–water partition coefficient (Wildman–Crippen LogP) is 1.06. The number of ketones is 1. The van der Waals surface area contributed by atoms with Crippen molar-refractivity contribution in [2.24, 2.45) is 0 Å². The van der Waals surface area contributed by atoms with Crippen LogP contribution in [0, 0.1) is 0 Å². The molecule has 4 nitrogen and oxygen atoms in total. The maximum Gasteiger partial charge on any atom is 0.159 e. The average Bonchev–Trinajstić information content (AvgIpc) is 2.38. The molecule has 0 unspecified atom stereocenters. The minimum atomic E-state index is 0.0823. The summed E-state index contributed by atoms with van der Waals surface area (Å²) >= 11 is 0. The smallest absolute Gasteiger partial charge is 0.159 e. The molecule has 0 amide bonds. The van der Waals surface area contributed by atoms with Crippen LogP contribution in [-0.4, -0.2) is 38.1 Å². The number of carbonyl (C=O) groups is 1. The minimum Gasteiger partial charge on any atom is -0.489 e. The van der Waals surface area contributed by atoms with Crippen LogP contribution in [0.3, 0.4) is 0 Å². The molecule has 4 heteroatoms. The zero-order valence-electron chi connectivity index (χ0n) is 9.90. The summed E-state index contributed by atoms with van der Waals surface area (Å²) in [5, 5.41) is 3.37. The number of anilines is 1. The van der Waals surface area contributed by atoms with Gasteiger partial charge in [0.25, 0.3) is 0 Å². The highest BCUT2D eigenvalue weighted by Crippen LogP contribution is 2.35. The van der Waals surface area contributed by atoms with Crippen molar-refractivity contribution in [3.05, 3.63) is 23.8 Å². The molecule has 0 saturated carbocycles. The Morgan fingerprint density at radius 2 is 2.41 bits per heavy atom. The van der Waals surface area contributed by atoms with E-state index in [9.17, 15) is 4.79 Å². The number of nitrogens with one attached hydrogen (secondary N) is 1. The van der Waals surface area contributed by atoms with Crippen LogP contribution in [0.1, 0.15) is 17.3 Å². The van der Waals surface area contributed by atoms with Gasteiger partial charge in [0, 0.05) is 25.2 Å². The molecule has 1 N–H and O–H groups in total. The Hall–Kier alpha value is -1.55. The van der Waals surface area contributed by atoms with Gasteiger partial charge in [-0.05, 0) is 25.1 Å². The van der Waals surface area contributed by atoms with Crippen molar-refractivity contribution in [2.75, 3.05) is 31.1 Å². The van der Waals surface area contributed by atoms with Gasteiger partial charge in [-0.1, -0.05) is 0 Å². The molecule has 1 aromatic carbocycles. The maximum atomic E-state index is 11.3. The third-order valence-electron chi connectivity index (χ3n) is 3.46. The van der Waals surface area contributed by atoms with E-state index in [1.165, 1.54) is 0 Å². The van der Waals surface area contributed by atoms with Crippen LogP contribution >= 0.6 is 0 Å². The van der Waals surface area contributed by atoms with Gasteiger partial charge in [-0.3, -0.25) is 4.79 Å². The molecule has 17 heavy (non-hydrogen) atoms. The highest BCUT2D eigenvalue weighted by Gasteiger charge is 2.29. The van der Waals surface area contributed by atoms with Gasteiger partial charge >= 0.3 is 0 Å². The van der Waals surface area contributed by atoms with Crippen LogP contribution in [0.5, 0.6) is 5.75 Å². The van der Waals surface area contributed by atoms with Gasteiger partial charge in [0.2, 0.25) is 0 Å². The fraction of sp³-hybridized carbons (Fsp3) is 0.462. The topological polar surface area (TPSA) is 41.6 Å². The van der Waals surface area contributed by atoms with E-state index in [1.54, 1.807) is 6.92 Å². The zero-order valence-corrected chi connectivity index (χ0v) is 9.90. The van der Waals surface area contributed by atoms with E-state index >= 15 is 0 Å². The fourth-order valence-corrected chi connectivity index (χ4v) is 2.50. The standard InChI is InChI=1S/C13H16N2O2/c1-9(16)10-2-3-12-13(6-10)17-8-11-7-14-4-5-15(11)12/h2-3,6,11,14H,4-5,7-8H2,1H3/t11-/m0/s1. The zero-order chi connectivity index (χ0) is 11.8. The van der Waals surface area contributed by atoms with Crippen LogP contribution < -0.4 is 15.0 Å². The Kier molecular flexibility index (Phi) is 2.52. The van der Waals surface area contributed by atoms with E-state index in [-0.39, 0.29) is 5.78 Å². The van der Waals surface area contributed by atoms with Crippen molar-refractivity contribution in [2.45, 2.75) is 13.0 Å². The molecule has 2 heterocycles. The molecule has 1 fully saturated rings. The van der Waals surface area contributed by atoms with Gasteiger partial charge in [-0.2, -0.15) is 0 Å². The van der Waals surface area contributed by atoms with E-state index < -0.39 is 0 Å². The van der Waals surface area contributed by atoms with Crippen LogP contribution in [-0.2, 0) is 0 Å². The number of rotatable bonds is 1. The van der Waals surface area contributed by atoms with Crippen molar-refractivity contribution in [1.82, 2.24) is 5.32 Å². The Morgan fingerprint density at radius 1 is 1.53 bits per heavy atom. The lowest BCUT2D eigenvalue weighted by Gasteiger charge is -2.42. The second-order valence-electron chi connectivity index (χ2n) is 4.60. The Balaban J connectivity index is 1.97. The number of ether oxygens (including phenoxy) is 1. The summed E-state index contributed by atoms with van der Waals surface area (Å²) in [4.78, 5) is 13.7. The first-order chi connectivity index (χ1) is 8.25. The maximum absolute atomic E-state index is 11.3. The van der Waals surface area contributed by atoms with Gasteiger partial charge < -0.3 is 15.0 Å². The quantitative estimate of drug-likeness (QED) is 0.735. The third-order valence-corrected chi connectivity index (χ3v) is 3.46. The molecule has 0 aliphatic carbocycles. The lowest BCUT2D eigenvalue weighted by molar-refractivity contribution is 0.101. The highest BCUT2D eigenvalue weighted by molar-refractivity contribution is 5.95.